The molecule has 0 fully saturated rings. The molecule has 8 heteroatoms. The first-order valence-electron chi connectivity index (χ1n) is 22.7. The summed E-state index contributed by atoms with van der Waals surface area (Å²) in [5.74, 6) is 1.97. The van der Waals surface area contributed by atoms with Crippen LogP contribution >= 0.6 is 0 Å². The zero-order valence-electron chi connectivity index (χ0n) is 36.8. The molecule has 0 aliphatic carbocycles. The molecule has 0 atom stereocenters. The zero-order valence-corrected chi connectivity index (χ0v) is 39.1. The molecular weight excluding hydrogens is 1010 g/mol. The second kappa shape index (κ2) is 17.9. The third kappa shape index (κ3) is 7.47. The van der Waals surface area contributed by atoms with E-state index in [1.54, 1.807) is 0 Å². The van der Waals surface area contributed by atoms with Crippen molar-refractivity contribution < 1.29 is 24.1 Å². The first-order valence-corrected chi connectivity index (χ1v) is 23.9. The molecule has 0 unspecified atom stereocenters. The van der Waals surface area contributed by atoms with Gasteiger partial charge in [-0.05, 0) is 18.2 Å². The van der Waals surface area contributed by atoms with E-state index in [0.717, 1.165) is 76.8 Å². The van der Waals surface area contributed by atoms with Gasteiger partial charge in [0.25, 0.3) is 0 Å². The number of hydrogen-bond donors (Lipinski definition) is 0. The average molecular weight is 1050 g/mol. The van der Waals surface area contributed by atoms with Gasteiger partial charge < -0.3 is 0 Å². The minimum atomic E-state index is -0.182. The summed E-state index contributed by atoms with van der Waals surface area (Å²) in [4.78, 5) is 9.94. The van der Waals surface area contributed by atoms with Crippen LogP contribution in [0, 0.1) is 3.80 Å². The summed E-state index contributed by atoms with van der Waals surface area (Å²) in [7, 11) is 0. The van der Waals surface area contributed by atoms with E-state index in [0.29, 0.717) is 11.6 Å². The van der Waals surface area contributed by atoms with E-state index in [1.165, 1.54) is 11.1 Å². The first kappa shape index (κ1) is 41.2. The number of ether oxygens (including phenoxy) is 1. The molecule has 0 saturated carbocycles. The number of para-hydroxylation sites is 6. The SMILES string of the molecule is [Pt]=[c]1n(-c2cccc(Oc3cccc(N4B(c5ccccc5)N(c5ccccc5)c5ccccc54)n3)c2)c2ccccc2n1-c1c(-c2ccccc2)cccc1-c1cccc(-c2ccccc2)c1. The molecule has 0 radical (unpaired) electrons. The summed E-state index contributed by atoms with van der Waals surface area (Å²) in [5, 5.41) is 0. The summed E-state index contributed by atoms with van der Waals surface area (Å²) in [5.41, 5.74) is 15.6. The summed E-state index contributed by atoms with van der Waals surface area (Å²) in [6, 6.07) is 89.6. The van der Waals surface area contributed by atoms with Crippen LogP contribution in [0.4, 0.5) is 22.9 Å². The van der Waals surface area contributed by atoms with Crippen molar-refractivity contribution in [1.82, 2.24) is 14.1 Å². The number of anilines is 4. The quantitative estimate of drug-likeness (QED) is 0.128. The fourth-order valence-electron chi connectivity index (χ4n) is 9.63. The Labute approximate surface area is 406 Å². The normalized spacial score (nSPS) is 12.1. The van der Waals surface area contributed by atoms with Crippen LogP contribution < -0.4 is 19.8 Å². The van der Waals surface area contributed by atoms with Gasteiger partial charge in [0.15, 0.2) is 0 Å². The number of rotatable bonds is 10. The minimum absolute atomic E-state index is 0.182. The van der Waals surface area contributed by atoms with Gasteiger partial charge in [0.1, 0.15) is 0 Å². The molecule has 9 aromatic carbocycles. The van der Waals surface area contributed by atoms with Crippen molar-refractivity contribution in [2.45, 2.75) is 0 Å². The molecule has 0 N–H and O–H groups in total. The fourth-order valence-corrected chi connectivity index (χ4v) is 10.7. The van der Waals surface area contributed by atoms with E-state index in [4.69, 9.17) is 9.72 Å². The Morgan fingerprint density at radius 3 is 1.66 bits per heavy atom. The van der Waals surface area contributed by atoms with E-state index >= 15 is 0 Å². The van der Waals surface area contributed by atoms with Gasteiger partial charge in [-0.2, -0.15) is 0 Å². The first-order chi connectivity index (χ1) is 33.7. The Kier molecular flexibility index (Phi) is 10.8. The number of pyridine rings is 1. The van der Waals surface area contributed by atoms with E-state index in [9.17, 15) is 0 Å². The monoisotopic (exact) mass is 1050 g/mol. The van der Waals surface area contributed by atoms with Crippen molar-refractivity contribution >= 4 is 46.4 Å². The van der Waals surface area contributed by atoms with Crippen molar-refractivity contribution in [3.63, 3.8) is 0 Å². The molecule has 11 aromatic rings. The molecule has 326 valence electrons. The molecule has 12 rings (SSSR count). The van der Waals surface area contributed by atoms with E-state index in [2.05, 4.69) is 275 Å². The van der Waals surface area contributed by atoms with Crippen molar-refractivity contribution in [3.05, 3.63) is 259 Å². The van der Waals surface area contributed by atoms with Crippen LogP contribution in [0.25, 0.3) is 55.8 Å². The van der Waals surface area contributed by atoms with E-state index in [1.807, 2.05) is 18.2 Å². The number of hydrogen-bond acceptors (Lipinski definition) is 4. The number of benzene rings is 9. The third-order valence-electron chi connectivity index (χ3n) is 12.6. The second-order valence-electron chi connectivity index (χ2n) is 16.7. The van der Waals surface area contributed by atoms with Gasteiger partial charge in [-0.15, -0.1) is 0 Å². The molecule has 2 aromatic heterocycles. The molecule has 0 bridgehead atoms. The van der Waals surface area contributed by atoms with Crippen LogP contribution in [0.15, 0.2) is 255 Å². The third-order valence-corrected chi connectivity index (χ3v) is 13.6. The molecule has 68 heavy (non-hydrogen) atoms. The van der Waals surface area contributed by atoms with Gasteiger partial charge in [0.2, 0.25) is 0 Å². The number of imidazole rings is 1. The Balaban J connectivity index is 0.954. The molecule has 3 heterocycles. The maximum absolute atomic E-state index is 6.75. The average Bonchev–Trinajstić information content (AvgIpc) is 3.91. The summed E-state index contributed by atoms with van der Waals surface area (Å²) >= 11 is 2.50. The molecule has 1 aliphatic rings. The molecule has 1 aliphatic heterocycles. The standard InChI is InChI=1S/C60H42BN5O.Pt/c1-5-21-44(22-6-1)46-25-17-26-47(41-46)53-34-19-33-52(45-23-7-2-8-24-45)60(53)64-43-63(54-35-13-14-36-55(54)64)50-31-18-32-51(42-50)67-59-40-20-39-58(62-59)66-57-38-16-15-37-56(57)65(49-29-11-4-12-30-49)61(66)48-27-9-3-10-28-48;/h1-42H;. The zero-order chi connectivity index (χ0) is 45.4. The van der Waals surface area contributed by atoms with Crippen molar-refractivity contribution in [2.75, 3.05) is 9.62 Å². The van der Waals surface area contributed by atoms with Crippen LogP contribution in [0.3, 0.4) is 0 Å². The molecular formula is C60H42BN5OPt. The van der Waals surface area contributed by atoms with Gasteiger partial charge in [0.05, 0.1) is 0 Å². The number of aromatic nitrogens is 3. The van der Waals surface area contributed by atoms with Crippen molar-refractivity contribution in [3.8, 4) is 56.4 Å². The molecule has 0 saturated heterocycles. The Hall–Kier alpha value is -8.25. The van der Waals surface area contributed by atoms with E-state index in [-0.39, 0.29) is 6.98 Å². The van der Waals surface area contributed by atoms with Gasteiger partial charge in [-0.25, -0.2) is 0 Å². The van der Waals surface area contributed by atoms with Gasteiger partial charge in [-0.3, -0.25) is 0 Å². The predicted molar refractivity (Wildman–Crippen MR) is 275 cm³/mol. The summed E-state index contributed by atoms with van der Waals surface area (Å²) in [6.45, 7) is -0.182. The van der Waals surface area contributed by atoms with E-state index < -0.39 is 0 Å². The van der Waals surface area contributed by atoms with Crippen LogP contribution in [0.5, 0.6) is 11.6 Å². The van der Waals surface area contributed by atoms with Crippen LogP contribution in [-0.2, 0) is 19.4 Å². The predicted octanol–water partition coefficient (Wildman–Crippen LogP) is 14.4. The number of nitrogens with zero attached hydrogens (tertiary/aromatic N) is 5. The molecule has 0 spiro atoms. The Bertz CT molecular complexity index is 3660. The van der Waals surface area contributed by atoms with Gasteiger partial charge in [0, 0.05) is 5.69 Å². The topological polar surface area (TPSA) is 38.5 Å². The van der Waals surface area contributed by atoms with Crippen molar-refractivity contribution in [2.24, 2.45) is 0 Å². The van der Waals surface area contributed by atoms with Crippen LogP contribution in [0.1, 0.15) is 0 Å². The van der Waals surface area contributed by atoms with Gasteiger partial charge >= 0.3 is 325 Å². The van der Waals surface area contributed by atoms with Crippen LogP contribution in [-0.4, -0.2) is 21.1 Å². The maximum atomic E-state index is 6.75. The van der Waals surface area contributed by atoms with Crippen molar-refractivity contribution in [1.29, 1.82) is 0 Å². The molecule has 0 amide bonds. The Morgan fingerprint density at radius 2 is 0.926 bits per heavy atom. The van der Waals surface area contributed by atoms with Gasteiger partial charge in [-0.1, -0.05) is 60.7 Å². The van der Waals surface area contributed by atoms with Crippen LogP contribution in [0.2, 0.25) is 0 Å². The second-order valence-corrected chi connectivity index (χ2v) is 17.7. The molecule has 6 nitrogen and oxygen atoms in total. The fraction of sp³-hybridized carbons (Fsp3) is 0. The summed E-state index contributed by atoms with van der Waals surface area (Å²) < 4.78 is 12.5. The Morgan fingerprint density at radius 1 is 0.397 bits per heavy atom. The number of fused-ring (bicyclic) bond motifs is 2. The summed E-state index contributed by atoms with van der Waals surface area (Å²) in [6.07, 6.45) is 0.